The second-order valence-electron chi connectivity index (χ2n) is 5.28. The van der Waals surface area contributed by atoms with Crippen LogP contribution in [0.2, 0.25) is 0 Å². The number of aryl methyl sites for hydroxylation is 3. The van der Waals surface area contributed by atoms with E-state index in [4.69, 9.17) is 0 Å². The van der Waals surface area contributed by atoms with E-state index in [1.165, 1.54) is 21.6 Å². The van der Waals surface area contributed by atoms with E-state index in [2.05, 4.69) is 63.1 Å². The van der Waals surface area contributed by atoms with Gasteiger partial charge in [-0.15, -0.1) is 11.3 Å². The van der Waals surface area contributed by atoms with Gasteiger partial charge in [0.1, 0.15) is 5.01 Å². The van der Waals surface area contributed by atoms with Gasteiger partial charge in [0.25, 0.3) is 0 Å². The zero-order valence-corrected chi connectivity index (χ0v) is 13.1. The molecule has 3 heteroatoms. The molecule has 0 radical (unpaired) electrons. The fourth-order valence-electron chi connectivity index (χ4n) is 2.33. The monoisotopic (exact) mass is 274 g/mol. The largest absolute Gasteiger partial charge is 0.302 e. The molecule has 1 N–H and O–H groups in total. The Labute approximate surface area is 119 Å². The van der Waals surface area contributed by atoms with E-state index in [-0.39, 0.29) is 6.04 Å². The molecule has 0 saturated carbocycles. The van der Waals surface area contributed by atoms with Crippen LogP contribution in [0.4, 0.5) is 0 Å². The van der Waals surface area contributed by atoms with Gasteiger partial charge in [-0.1, -0.05) is 23.8 Å². The van der Waals surface area contributed by atoms with Crippen molar-refractivity contribution in [2.24, 2.45) is 0 Å². The highest BCUT2D eigenvalue weighted by molar-refractivity contribution is 7.11. The zero-order valence-electron chi connectivity index (χ0n) is 12.3. The van der Waals surface area contributed by atoms with Gasteiger partial charge in [0.15, 0.2) is 0 Å². The number of hydrogen-bond acceptors (Lipinski definition) is 3. The standard InChI is InChI=1S/C16H22N2S/c1-10-6-7-11(2)15(8-10)13(4)18-14(5)16-17-9-12(3)19-16/h6-9,13-14,18H,1-5H3. The molecule has 0 aliphatic heterocycles. The fourth-order valence-corrected chi connectivity index (χ4v) is 3.12. The van der Waals surface area contributed by atoms with Crippen LogP contribution in [0.1, 0.15) is 52.5 Å². The van der Waals surface area contributed by atoms with Gasteiger partial charge in [-0.2, -0.15) is 0 Å². The Kier molecular flexibility index (Phi) is 4.38. The number of thiazole rings is 1. The van der Waals surface area contributed by atoms with Crippen LogP contribution in [-0.4, -0.2) is 4.98 Å². The molecule has 0 fully saturated rings. The molecule has 2 nitrogen and oxygen atoms in total. The van der Waals surface area contributed by atoms with Crippen LogP contribution >= 0.6 is 11.3 Å². The lowest BCUT2D eigenvalue weighted by Crippen LogP contribution is -2.23. The quantitative estimate of drug-likeness (QED) is 0.889. The number of hydrogen-bond donors (Lipinski definition) is 1. The molecule has 0 aliphatic rings. The van der Waals surface area contributed by atoms with Crippen LogP contribution in [0.25, 0.3) is 0 Å². The Morgan fingerprint density at radius 1 is 1.11 bits per heavy atom. The molecule has 19 heavy (non-hydrogen) atoms. The summed E-state index contributed by atoms with van der Waals surface area (Å²) in [4.78, 5) is 5.73. The maximum absolute atomic E-state index is 4.46. The molecule has 0 amide bonds. The van der Waals surface area contributed by atoms with E-state index in [0.717, 1.165) is 5.01 Å². The maximum atomic E-state index is 4.46. The minimum Gasteiger partial charge on any atom is -0.302 e. The lowest BCUT2D eigenvalue weighted by molar-refractivity contribution is 0.491. The molecular formula is C16H22N2S. The van der Waals surface area contributed by atoms with Crippen molar-refractivity contribution in [3.05, 3.63) is 51.0 Å². The molecule has 2 rings (SSSR count). The first kappa shape index (κ1) is 14.2. The first-order valence-corrected chi connectivity index (χ1v) is 7.54. The maximum Gasteiger partial charge on any atom is 0.109 e. The van der Waals surface area contributed by atoms with Crippen LogP contribution in [-0.2, 0) is 0 Å². The molecule has 1 aromatic carbocycles. The van der Waals surface area contributed by atoms with Gasteiger partial charge >= 0.3 is 0 Å². The van der Waals surface area contributed by atoms with Crippen molar-refractivity contribution in [1.82, 2.24) is 10.3 Å². The van der Waals surface area contributed by atoms with Crippen molar-refractivity contribution < 1.29 is 0 Å². The minimum atomic E-state index is 0.286. The molecular weight excluding hydrogens is 252 g/mol. The molecule has 2 unspecified atom stereocenters. The van der Waals surface area contributed by atoms with Gasteiger partial charge in [0, 0.05) is 17.1 Å². The zero-order chi connectivity index (χ0) is 14.0. The summed E-state index contributed by atoms with van der Waals surface area (Å²) in [5, 5.41) is 4.80. The number of aromatic nitrogens is 1. The highest BCUT2D eigenvalue weighted by Gasteiger charge is 2.15. The molecule has 0 saturated heterocycles. The van der Waals surface area contributed by atoms with Gasteiger partial charge in [0.05, 0.1) is 6.04 Å². The van der Waals surface area contributed by atoms with Crippen molar-refractivity contribution in [1.29, 1.82) is 0 Å². The lowest BCUT2D eigenvalue weighted by Gasteiger charge is -2.21. The Balaban J connectivity index is 2.12. The van der Waals surface area contributed by atoms with Crippen LogP contribution < -0.4 is 5.32 Å². The summed E-state index contributed by atoms with van der Waals surface area (Å²) in [5.41, 5.74) is 4.03. The molecule has 0 spiro atoms. The molecule has 1 heterocycles. The summed E-state index contributed by atoms with van der Waals surface area (Å²) in [7, 11) is 0. The first-order valence-electron chi connectivity index (χ1n) is 6.73. The van der Waals surface area contributed by atoms with Gasteiger partial charge in [-0.25, -0.2) is 4.98 Å². The third-order valence-electron chi connectivity index (χ3n) is 3.41. The van der Waals surface area contributed by atoms with E-state index in [1.807, 2.05) is 6.20 Å². The van der Waals surface area contributed by atoms with Crippen LogP contribution in [0.3, 0.4) is 0 Å². The number of rotatable bonds is 4. The second-order valence-corrected chi connectivity index (χ2v) is 6.55. The van der Waals surface area contributed by atoms with Gasteiger partial charge in [0.2, 0.25) is 0 Å². The summed E-state index contributed by atoms with van der Waals surface area (Å²) in [5.74, 6) is 0. The average molecular weight is 274 g/mol. The second kappa shape index (κ2) is 5.85. The van der Waals surface area contributed by atoms with E-state index in [1.54, 1.807) is 11.3 Å². The molecule has 0 aliphatic carbocycles. The minimum absolute atomic E-state index is 0.286. The Morgan fingerprint density at radius 2 is 1.84 bits per heavy atom. The van der Waals surface area contributed by atoms with Gasteiger partial charge in [-0.05, 0) is 45.7 Å². The Morgan fingerprint density at radius 3 is 2.47 bits per heavy atom. The molecule has 1 aromatic heterocycles. The number of benzene rings is 1. The predicted molar refractivity (Wildman–Crippen MR) is 82.7 cm³/mol. The number of nitrogens with zero attached hydrogens (tertiary/aromatic N) is 1. The summed E-state index contributed by atoms with van der Waals surface area (Å²) in [6.07, 6.45) is 1.95. The molecule has 2 atom stereocenters. The topological polar surface area (TPSA) is 24.9 Å². The van der Waals surface area contributed by atoms with Crippen molar-refractivity contribution >= 4 is 11.3 Å². The first-order chi connectivity index (χ1) is 8.97. The van der Waals surface area contributed by atoms with Crippen LogP contribution in [0.15, 0.2) is 24.4 Å². The smallest absolute Gasteiger partial charge is 0.109 e. The highest BCUT2D eigenvalue weighted by atomic mass is 32.1. The van der Waals surface area contributed by atoms with E-state index < -0.39 is 0 Å². The summed E-state index contributed by atoms with van der Waals surface area (Å²) >= 11 is 1.77. The average Bonchev–Trinajstić information content (AvgIpc) is 2.79. The third kappa shape index (κ3) is 3.43. The third-order valence-corrected chi connectivity index (χ3v) is 4.51. The Hall–Kier alpha value is -1.19. The SMILES string of the molecule is Cc1ccc(C)c(C(C)NC(C)c2ncc(C)s2)c1. The van der Waals surface area contributed by atoms with Crippen molar-refractivity contribution in [2.75, 3.05) is 0 Å². The van der Waals surface area contributed by atoms with Gasteiger partial charge in [-0.3, -0.25) is 0 Å². The predicted octanol–water partition coefficient (Wildman–Crippen LogP) is 4.48. The van der Waals surface area contributed by atoms with Crippen LogP contribution in [0, 0.1) is 20.8 Å². The summed E-state index contributed by atoms with van der Waals surface area (Å²) in [6.45, 7) is 10.8. The molecule has 0 bridgehead atoms. The summed E-state index contributed by atoms with van der Waals surface area (Å²) in [6, 6.07) is 7.25. The number of nitrogens with one attached hydrogen (secondary N) is 1. The molecule has 102 valence electrons. The van der Waals surface area contributed by atoms with Crippen molar-refractivity contribution in [3.8, 4) is 0 Å². The normalized spacial score (nSPS) is 14.4. The van der Waals surface area contributed by atoms with Gasteiger partial charge < -0.3 is 5.32 Å². The van der Waals surface area contributed by atoms with Crippen molar-refractivity contribution in [2.45, 2.75) is 46.7 Å². The Bertz CT molecular complexity index is 560. The van der Waals surface area contributed by atoms with Crippen molar-refractivity contribution in [3.63, 3.8) is 0 Å². The highest BCUT2D eigenvalue weighted by Crippen LogP contribution is 2.24. The fraction of sp³-hybridized carbons (Fsp3) is 0.438. The van der Waals surface area contributed by atoms with E-state index >= 15 is 0 Å². The van der Waals surface area contributed by atoms with E-state index in [9.17, 15) is 0 Å². The summed E-state index contributed by atoms with van der Waals surface area (Å²) < 4.78 is 0. The van der Waals surface area contributed by atoms with E-state index in [0.29, 0.717) is 6.04 Å². The molecule has 2 aromatic rings. The van der Waals surface area contributed by atoms with Crippen LogP contribution in [0.5, 0.6) is 0 Å². The lowest BCUT2D eigenvalue weighted by atomic mass is 9.99.